The maximum absolute atomic E-state index is 14.8. The molecule has 0 radical (unpaired) electrons. The lowest BCUT2D eigenvalue weighted by atomic mass is 9.83. The molecule has 2 aliphatic rings. The number of benzene rings is 4. The third kappa shape index (κ3) is 15.9. The monoisotopic (exact) mass is 1080 g/mol. The molecule has 6 rings (SSSR count). The first-order valence-corrected chi connectivity index (χ1v) is 31.8. The van der Waals surface area contributed by atoms with Crippen molar-refractivity contribution in [1.82, 2.24) is 4.31 Å². The third-order valence-electron chi connectivity index (χ3n) is 14.0. The van der Waals surface area contributed by atoms with Gasteiger partial charge in [0.1, 0.15) is 27.0 Å². The molecule has 1 aliphatic heterocycles. The van der Waals surface area contributed by atoms with Crippen molar-refractivity contribution < 1.29 is 44.9 Å². The van der Waals surface area contributed by atoms with Crippen LogP contribution in [0.4, 0.5) is 28.4 Å². The van der Waals surface area contributed by atoms with E-state index in [1.807, 2.05) is 4.90 Å². The molecule has 1 aliphatic carbocycles. The lowest BCUT2D eigenvalue weighted by Crippen LogP contribution is -2.41. The molecule has 19 heteroatoms. The molecule has 0 aromatic heterocycles. The van der Waals surface area contributed by atoms with Gasteiger partial charge >= 0.3 is 0 Å². The summed E-state index contributed by atoms with van der Waals surface area (Å²) < 4.78 is 102. The number of anilines is 3. The highest BCUT2D eigenvalue weighted by molar-refractivity contribution is 7.93. The highest BCUT2D eigenvalue weighted by Gasteiger charge is 2.34. The third-order valence-corrected chi connectivity index (χ3v) is 18.2. The second-order valence-electron chi connectivity index (χ2n) is 20.6. The smallest absolute Gasteiger partial charge is 0.264 e. The number of rotatable bonds is 29. The number of nitrogens with zero attached hydrogens (tertiary/aromatic N) is 4. The lowest BCUT2D eigenvalue weighted by Gasteiger charge is -2.30. The van der Waals surface area contributed by atoms with Crippen LogP contribution in [0, 0.1) is 0 Å². The Morgan fingerprint density at radius 1 is 0.716 bits per heavy atom. The van der Waals surface area contributed by atoms with E-state index in [1.165, 1.54) is 105 Å². The van der Waals surface area contributed by atoms with Crippen LogP contribution in [0.3, 0.4) is 0 Å². The topological polar surface area (TPSA) is 217 Å². The first-order chi connectivity index (χ1) is 35.3. The van der Waals surface area contributed by atoms with Gasteiger partial charge in [-0.05, 0) is 94.8 Å². The zero-order valence-corrected chi connectivity index (χ0v) is 47.0. The van der Waals surface area contributed by atoms with Crippen molar-refractivity contribution >= 4 is 69.3 Å². The van der Waals surface area contributed by atoms with Gasteiger partial charge in [0, 0.05) is 42.0 Å². The van der Waals surface area contributed by atoms with E-state index in [0.717, 1.165) is 69.3 Å². The minimum absolute atomic E-state index is 0.00472. The van der Waals surface area contributed by atoms with Crippen LogP contribution in [0.25, 0.3) is 10.8 Å². The average Bonchev–Trinajstić information content (AvgIpc) is 3.35. The summed E-state index contributed by atoms with van der Waals surface area (Å²) >= 11 is 0. The number of azo groups is 1. The largest absolute Gasteiger partial charge is 0.506 e. The van der Waals surface area contributed by atoms with E-state index in [-0.39, 0.29) is 50.1 Å². The normalized spacial score (nSPS) is 15.3. The molecule has 410 valence electrons. The molecular formula is C55H82N6O10S3. The zero-order chi connectivity index (χ0) is 53.5. The van der Waals surface area contributed by atoms with Gasteiger partial charge in [-0.3, -0.25) is 9.44 Å². The molecule has 0 amide bonds. The molecule has 0 atom stereocenters. The Morgan fingerprint density at radius 2 is 1.32 bits per heavy atom. The molecule has 74 heavy (non-hydrogen) atoms. The highest BCUT2D eigenvalue weighted by Crippen LogP contribution is 2.46. The minimum atomic E-state index is -4.47. The van der Waals surface area contributed by atoms with Crippen molar-refractivity contribution in [3.05, 3.63) is 60.2 Å². The number of morpholine rings is 1. The van der Waals surface area contributed by atoms with Crippen molar-refractivity contribution in [2.24, 2.45) is 10.2 Å². The fourth-order valence-electron chi connectivity index (χ4n) is 10.4. The van der Waals surface area contributed by atoms with Gasteiger partial charge in [0.05, 0.1) is 54.5 Å². The standard InChI is InChI=1S/C55H82N6O10S3/c1-7-8-9-10-11-12-13-14-15-16-17-18-19-23-33-71-51-39-50(62)47(37-45(51)42-25-21-20-22-26-42)59-73(66,67)52-36-43(29-30-49(52)60-31-34-70-35-32-60)56-57-48-38-53(74(68,69)61(40(2)3)41(4)5)55(63)44-27-24-28-46(54(44)48)58-72(6,64)65/h24,27-30,36-42,58-59,62-63H,7-23,25-26,31-35H2,1-6H3. The van der Waals surface area contributed by atoms with Gasteiger partial charge < -0.3 is 24.6 Å². The van der Waals surface area contributed by atoms with Gasteiger partial charge in [-0.15, -0.1) is 5.11 Å². The second kappa shape index (κ2) is 27.4. The molecule has 2 fully saturated rings. The van der Waals surface area contributed by atoms with Crippen LogP contribution < -0.4 is 19.1 Å². The molecule has 16 nitrogen and oxygen atoms in total. The summed E-state index contributed by atoms with van der Waals surface area (Å²) in [4.78, 5) is 1.27. The summed E-state index contributed by atoms with van der Waals surface area (Å²) in [6.07, 6.45) is 23.6. The van der Waals surface area contributed by atoms with Crippen LogP contribution in [0.5, 0.6) is 17.2 Å². The first-order valence-electron chi connectivity index (χ1n) is 27.0. The molecule has 4 aromatic rings. The quantitative estimate of drug-likeness (QED) is 0.0228. The molecule has 1 heterocycles. The number of sulfonamides is 3. The Kier molecular flexibility index (Phi) is 21.7. The van der Waals surface area contributed by atoms with Crippen LogP contribution in [0.2, 0.25) is 0 Å². The summed E-state index contributed by atoms with van der Waals surface area (Å²) in [7, 11) is -12.7. The van der Waals surface area contributed by atoms with E-state index in [0.29, 0.717) is 44.3 Å². The molecule has 4 aromatic carbocycles. The van der Waals surface area contributed by atoms with Gasteiger partial charge in [0.25, 0.3) is 10.0 Å². The van der Waals surface area contributed by atoms with Crippen LogP contribution in [0.15, 0.2) is 74.6 Å². The fraction of sp³-hybridized carbons (Fsp3) is 0.600. The Balaban J connectivity index is 1.27. The molecule has 1 saturated carbocycles. The van der Waals surface area contributed by atoms with E-state index in [9.17, 15) is 35.5 Å². The Morgan fingerprint density at radius 3 is 1.92 bits per heavy atom. The van der Waals surface area contributed by atoms with Gasteiger partial charge in [-0.25, -0.2) is 25.3 Å². The number of phenolic OH excluding ortho intramolecular Hbond substituents is 2. The zero-order valence-electron chi connectivity index (χ0n) is 44.6. The van der Waals surface area contributed by atoms with Crippen molar-refractivity contribution in [3.63, 3.8) is 0 Å². The number of hydrogen-bond acceptors (Lipinski definition) is 13. The van der Waals surface area contributed by atoms with Crippen molar-refractivity contribution in [3.8, 4) is 17.2 Å². The lowest BCUT2D eigenvalue weighted by molar-refractivity contribution is 0.122. The number of ether oxygens (including phenoxy) is 2. The van der Waals surface area contributed by atoms with Crippen molar-refractivity contribution in [2.45, 2.75) is 184 Å². The van der Waals surface area contributed by atoms with E-state index in [2.05, 4.69) is 26.6 Å². The molecule has 1 saturated heterocycles. The minimum Gasteiger partial charge on any atom is -0.506 e. The average molecular weight is 1080 g/mol. The van der Waals surface area contributed by atoms with Gasteiger partial charge in [0.15, 0.2) is 0 Å². The van der Waals surface area contributed by atoms with E-state index >= 15 is 0 Å². The first kappa shape index (κ1) is 58.6. The van der Waals surface area contributed by atoms with E-state index in [1.54, 1.807) is 45.9 Å². The van der Waals surface area contributed by atoms with Crippen LogP contribution in [-0.2, 0) is 34.8 Å². The number of nitrogens with one attached hydrogen (secondary N) is 2. The maximum Gasteiger partial charge on any atom is 0.264 e. The number of phenols is 2. The van der Waals surface area contributed by atoms with E-state index < -0.39 is 52.8 Å². The van der Waals surface area contributed by atoms with Gasteiger partial charge in [-0.1, -0.05) is 122 Å². The summed E-state index contributed by atoms with van der Waals surface area (Å²) in [6.45, 7) is 11.2. The highest BCUT2D eigenvalue weighted by atomic mass is 32.2. The van der Waals surface area contributed by atoms with Crippen molar-refractivity contribution in [1.29, 1.82) is 0 Å². The summed E-state index contributed by atoms with van der Waals surface area (Å²) in [6, 6.07) is 12.3. The molecule has 0 spiro atoms. The van der Waals surface area contributed by atoms with Crippen LogP contribution in [-0.4, -0.2) is 91.0 Å². The molecular weight excluding hydrogens is 1000 g/mol. The SMILES string of the molecule is CCCCCCCCCCCCCCCCOc1cc(O)c(NS(=O)(=O)c2cc(N=Nc3cc(S(=O)(=O)N(C(C)C)C(C)C)c(O)c4cccc(NS(C)(=O)=O)c34)ccc2N2CCOCC2)cc1C1CCCCC1. The number of hydrogen-bond donors (Lipinski definition) is 4. The number of unbranched alkanes of at least 4 members (excludes halogenated alkanes) is 13. The van der Waals surface area contributed by atoms with Crippen LogP contribution in [0.1, 0.15) is 168 Å². The predicted molar refractivity (Wildman–Crippen MR) is 298 cm³/mol. The predicted octanol–water partition coefficient (Wildman–Crippen LogP) is 13.4. The maximum atomic E-state index is 14.8. The summed E-state index contributed by atoms with van der Waals surface area (Å²) in [5, 5.41) is 32.1. The fourth-order valence-corrected chi connectivity index (χ4v) is 14.2. The van der Waals surface area contributed by atoms with Gasteiger partial charge in [-0.2, -0.15) is 9.42 Å². The second-order valence-corrected chi connectivity index (χ2v) is 25.8. The Hall–Kier alpha value is -4.69. The van der Waals surface area contributed by atoms with Gasteiger partial charge in [0.2, 0.25) is 20.0 Å². The number of aromatic hydroxyl groups is 2. The molecule has 0 unspecified atom stereocenters. The molecule has 0 bridgehead atoms. The Bertz CT molecular complexity index is 2840. The van der Waals surface area contributed by atoms with Crippen molar-refractivity contribution in [2.75, 3.05) is 53.5 Å². The van der Waals surface area contributed by atoms with E-state index in [4.69, 9.17) is 9.47 Å². The summed E-state index contributed by atoms with van der Waals surface area (Å²) in [5.74, 6) is -0.178. The Labute approximate surface area is 441 Å². The van der Waals surface area contributed by atoms with Crippen LogP contribution >= 0.6 is 0 Å². The molecule has 4 N–H and O–H groups in total. The summed E-state index contributed by atoms with van der Waals surface area (Å²) in [5.41, 5.74) is 1.20. The number of fused-ring (bicyclic) bond motifs is 1.